The Bertz CT molecular complexity index is 782. The van der Waals surface area contributed by atoms with Gasteiger partial charge in [0.25, 0.3) is 0 Å². The first-order valence-corrected chi connectivity index (χ1v) is 6.92. The van der Waals surface area contributed by atoms with Crippen LogP contribution in [0.2, 0.25) is 0 Å². The van der Waals surface area contributed by atoms with E-state index in [0.29, 0.717) is 0 Å². The Hall–Kier alpha value is -2.82. The van der Waals surface area contributed by atoms with Gasteiger partial charge in [-0.15, -0.1) is 0 Å². The van der Waals surface area contributed by atoms with Gasteiger partial charge in [0, 0.05) is 29.7 Å². The Morgan fingerprint density at radius 1 is 1.00 bits per heavy atom. The van der Waals surface area contributed by atoms with Crippen molar-refractivity contribution in [3.8, 4) is 34.1 Å². The predicted octanol–water partition coefficient (Wildman–Crippen LogP) is 3.46. The van der Waals surface area contributed by atoms with Crippen molar-refractivity contribution in [3.05, 3.63) is 48.4 Å². The zero-order valence-corrected chi connectivity index (χ0v) is 12.8. The summed E-state index contributed by atoms with van der Waals surface area (Å²) in [7, 11) is 3.27. The quantitative estimate of drug-likeness (QED) is 0.800. The highest BCUT2D eigenvalue weighted by Crippen LogP contribution is 2.33. The Kier molecular flexibility index (Phi) is 3.78. The first-order chi connectivity index (χ1) is 10.7. The molecule has 0 aliphatic carbocycles. The largest absolute Gasteiger partial charge is 0.497 e. The van der Waals surface area contributed by atoms with Crippen LogP contribution in [-0.2, 0) is 0 Å². The molecule has 5 nitrogen and oxygen atoms in total. The number of methoxy groups -OCH3 is 2. The number of nitrogens with one attached hydrogen (secondary N) is 1. The predicted molar refractivity (Wildman–Crippen MR) is 85.1 cm³/mol. The fourth-order valence-corrected chi connectivity index (χ4v) is 2.37. The van der Waals surface area contributed by atoms with Crippen LogP contribution < -0.4 is 9.47 Å². The molecular weight excluding hydrogens is 278 g/mol. The minimum Gasteiger partial charge on any atom is -0.497 e. The van der Waals surface area contributed by atoms with Gasteiger partial charge in [0.15, 0.2) is 0 Å². The van der Waals surface area contributed by atoms with E-state index < -0.39 is 0 Å². The molecule has 0 aliphatic heterocycles. The smallest absolute Gasteiger partial charge is 0.142 e. The Balaban J connectivity index is 2.07. The van der Waals surface area contributed by atoms with E-state index in [9.17, 15) is 0 Å². The van der Waals surface area contributed by atoms with Crippen LogP contribution in [0.15, 0.2) is 42.7 Å². The van der Waals surface area contributed by atoms with Crippen molar-refractivity contribution in [1.29, 1.82) is 0 Å². The zero-order chi connectivity index (χ0) is 15.5. The minimum absolute atomic E-state index is 0.717. The molecule has 3 aromatic rings. The summed E-state index contributed by atoms with van der Waals surface area (Å²) < 4.78 is 10.7. The highest BCUT2D eigenvalue weighted by atomic mass is 16.5. The monoisotopic (exact) mass is 295 g/mol. The molecule has 2 aromatic heterocycles. The van der Waals surface area contributed by atoms with Gasteiger partial charge in [-0.2, -0.15) is 0 Å². The number of hydrogen-bond acceptors (Lipinski definition) is 4. The van der Waals surface area contributed by atoms with Crippen molar-refractivity contribution in [2.24, 2.45) is 0 Å². The van der Waals surface area contributed by atoms with Crippen LogP contribution in [0.3, 0.4) is 0 Å². The average Bonchev–Trinajstić information content (AvgIpc) is 2.96. The van der Waals surface area contributed by atoms with E-state index in [2.05, 4.69) is 9.97 Å². The van der Waals surface area contributed by atoms with Crippen molar-refractivity contribution in [3.63, 3.8) is 0 Å². The van der Waals surface area contributed by atoms with E-state index >= 15 is 0 Å². The normalized spacial score (nSPS) is 10.5. The zero-order valence-electron chi connectivity index (χ0n) is 12.8. The van der Waals surface area contributed by atoms with E-state index in [-0.39, 0.29) is 0 Å². The number of nitrogens with zero attached hydrogens (tertiary/aromatic N) is 2. The lowest BCUT2D eigenvalue weighted by molar-refractivity contribution is 0.395. The summed E-state index contributed by atoms with van der Waals surface area (Å²) in [4.78, 5) is 12.1. The van der Waals surface area contributed by atoms with Crippen molar-refractivity contribution in [2.45, 2.75) is 6.92 Å². The third-order valence-corrected chi connectivity index (χ3v) is 3.50. The van der Waals surface area contributed by atoms with E-state index in [1.54, 1.807) is 26.6 Å². The second-order valence-electron chi connectivity index (χ2n) is 4.86. The molecule has 0 saturated heterocycles. The molecule has 0 bridgehead atoms. The third kappa shape index (κ3) is 2.53. The summed E-state index contributed by atoms with van der Waals surface area (Å²) >= 11 is 0. The van der Waals surface area contributed by atoms with Gasteiger partial charge < -0.3 is 14.5 Å². The number of H-pyrrole nitrogens is 1. The molecule has 112 valence electrons. The van der Waals surface area contributed by atoms with E-state index in [1.165, 1.54) is 0 Å². The summed E-state index contributed by atoms with van der Waals surface area (Å²) in [5, 5.41) is 0. The number of ether oxygens (including phenoxy) is 2. The van der Waals surface area contributed by atoms with Gasteiger partial charge in [-0.1, -0.05) is 0 Å². The molecule has 0 unspecified atom stereocenters. The number of hydrogen-bond donors (Lipinski definition) is 1. The fourth-order valence-electron chi connectivity index (χ4n) is 2.37. The first kappa shape index (κ1) is 14.1. The molecule has 0 fully saturated rings. The van der Waals surface area contributed by atoms with Crippen molar-refractivity contribution in [2.75, 3.05) is 14.2 Å². The molecule has 0 atom stereocenters. The van der Waals surface area contributed by atoms with Gasteiger partial charge in [0.2, 0.25) is 0 Å². The molecule has 3 rings (SSSR count). The van der Waals surface area contributed by atoms with Gasteiger partial charge in [-0.05, 0) is 31.2 Å². The molecule has 0 aliphatic rings. The average molecular weight is 295 g/mol. The number of imidazole rings is 1. The topological polar surface area (TPSA) is 60.0 Å². The summed E-state index contributed by atoms with van der Waals surface area (Å²) in [6, 6.07) is 9.56. The number of benzene rings is 1. The fraction of sp³-hybridized carbons (Fsp3) is 0.176. The molecule has 0 radical (unpaired) electrons. The van der Waals surface area contributed by atoms with E-state index in [1.807, 2.05) is 37.3 Å². The number of rotatable bonds is 4. The first-order valence-electron chi connectivity index (χ1n) is 6.92. The number of aromatic amines is 1. The highest BCUT2D eigenvalue weighted by Gasteiger charge is 2.14. The summed E-state index contributed by atoms with van der Waals surface area (Å²) in [5.74, 6) is 2.23. The van der Waals surface area contributed by atoms with Gasteiger partial charge in [-0.3, -0.25) is 4.98 Å². The van der Waals surface area contributed by atoms with Crippen molar-refractivity contribution in [1.82, 2.24) is 15.0 Å². The van der Waals surface area contributed by atoms with Crippen LogP contribution in [0, 0.1) is 6.92 Å². The third-order valence-electron chi connectivity index (χ3n) is 3.50. The summed E-state index contributed by atoms with van der Waals surface area (Å²) in [5.41, 5.74) is 3.84. The second kappa shape index (κ2) is 5.89. The van der Waals surface area contributed by atoms with Gasteiger partial charge in [-0.25, -0.2) is 4.98 Å². The number of aromatic nitrogens is 3. The van der Waals surface area contributed by atoms with Gasteiger partial charge in [0.05, 0.1) is 25.5 Å². The van der Waals surface area contributed by atoms with Crippen molar-refractivity contribution < 1.29 is 9.47 Å². The molecule has 22 heavy (non-hydrogen) atoms. The number of pyridine rings is 1. The summed E-state index contributed by atoms with van der Waals surface area (Å²) in [6.45, 7) is 2.00. The SMILES string of the molecule is COc1ccc(-c2nc(-c3ccncc3)c(C)[nH]2)c(OC)c1. The van der Waals surface area contributed by atoms with Crippen LogP contribution in [-0.4, -0.2) is 29.2 Å². The van der Waals surface area contributed by atoms with Crippen LogP contribution in [0.1, 0.15) is 5.69 Å². The van der Waals surface area contributed by atoms with Crippen LogP contribution in [0.25, 0.3) is 22.6 Å². The van der Waals surface area contributed by atoms with Gasteiger partial charge >= 0.3 is 0 Å². The van der Waals surface area contributed by atoms with Crippen LogP contribution in [0.5, 0.6) is 11.5 Å². The Morgan fingerprint density at radius 2 is 1.77 bits per heavy atom. The molecule has 0 saturated carbocycles. The minimum atomic E-state index is 0.717. The maximum atomic E-state index is 5.45. The molecular formula is C17H17N3O2. The second-order valence-corrected chi connectivity index (χ2v) is 4.86. The Morgan fingerprint density at radius 3 is 2.45 bits per heavy atom. The molecule has 1 aromatic carbocycles. The lowest BCUT2D eigenvalue weighted by Gasteiger charge is -2.08. The maximum absolute atomic E-state index is 5.45. The standard InChI is InChI=1S/C17H17N3O2/c1-11-16(12-6-8-18-9-7-12)20-17(19-11)14-5-4-13(21-2)10-15(14)22-3/h4-10H,1-3H3,(H,19,20). The highest BCUT2D eigenvalue weighted by molar-refractivity contribution is 5.71. The lowest BCUT2D eigenvalue weighted by atomic mass is 10.1. The molecule has 2 heterocycles. The lowest BCUT2D eigenvalue weighted by Crippen LogP contribution is -1.91. The maximum Gasteiger partial charge on any atom is 0.142 e. The number of aryl methyl sites for hydroxylation is 1. The van der Waals surface area contributed by atoms with E-state index in [4.69, 9.17) is 14.5 Å². The molecule has 0 amide bonds. The molecule has 1 N–H and O–H groups in total. The van der Waals surface area contributed by atoms with Crippen molar-refractivity contribution >= 4 is 0 Å². The Labute approximate surface area is 129 Å². The van der Waals surface area contributed by atoms with Gasteiger partial charge in [0.1, 0.15) is 17.3 Å². The molecule has 0 spiro atoms. The van der Waals surface area contributed by atoms with Crippen LogP contribution in [0.4, 0.5) is 0 Å². The summed E-state index contributed by atoms with van der Waals surface area (Å²) in [6.07, 6.45) is 3.52. The molecule has 5 heteroatoms. The van der Waals surface area contributed by atoms with Crippen LogP contribution >= 0.6 is 0 Å². The van der Waals surface area contributed by atoms with E-state index in [0.717, 1.165) is 39.8 Å².